The standard InChI is InChI=1S/C15H27NO2/c1-5-18-13(17)11(9-16)12-8-10-6-7-15(12,4)14(10,2)3/h10-12H,5-9,16H2,1-4H3/t10-,11-,12+,15-/m1/s1. The second-order valence-corrected chi connectivity index (χ2v) is 6.81. The Balaban J connectivity index is 2.22. The maximum absolute atomic E-state index is 12.1. The van der Waals surface area contributed by atoms with Gasteiger partial charge in [0.25, 0.3) is 0 Å². The molecule has 0 aliphatic heterocycles. The highest BCUT2D eigenvalue weighted by atomic mass is 16.5. The molecule has 0 aromatic carbocycles. The minimum Gasteiger partial charge on any atom is -0.466 e. The highest BCUT2D eigenvalue weighted by Gasteiger charge is 2.63. The maximum atomic E-state index is 12.1. The van der Waals surface area contributed by atoms with Crippen molar-refractivity contribution in [2.45, 2.75) is 47.0 Å². The SMILES string of the molecule is CCOC(=O)[C@H](CN)[C@@H]1C[C@H]2CC[C@@]1(C)C2(C)C. The zero-order valence-electron chi connectivity index (χ0n) is 12.2. The highest BCUT2D eigenvalue weighted by molar-refractivity contribution is 5.73. The van der Waals surface area contributed by atoms with Crippen LogP contribution in [0, 0.1) is 28.6 Å². The third kappa shape index (κ3) is 1.70. The molecule has 2 aliphatic rings. The number of carbonyl (C=O) groups is 1. The summed E-state index contributed by atoms with van der Waals surface area (Å²) in [5, 5.41) is 0. The Morgan fingerprint density at radius 1 is 1.44 bits per heavy atom. The van der Waals surface area contributed by atoms with E-state index in [-0.39, 0.29) is 17.3 Å². The average Bonchev–Trinajstić information content (AvgIpc) is 2.63. The van der Waals surface area contributed by atoms with E-state index in [1.165, 1.54) is 12.8 Å². The molecule has 2 fully saturated rings. The number of ether oxygens (including phenoxy) is 1. The monoisotopic (exact) mass is 253 g/mol. The fraction of sp³-hybridized carbons (Fsp3) is 0.933. The van der Waals surface area contributed by atoms with Crippen molar-refractivity contribution in [2.24, 2.45) is 34.3 Å². The lowest BCUT2D eigenvalue weighted by Crippen LogP contribution is -2.42. The van der Waals surface area contributed by atoms with E-state index in [1.54, 1.807) is 0 Å². The van der Waals surface area contributed by atoms with Crippen LogP contribution in [0.3, 0.4) is 0 Å². The highest BCUT2D eigenvalue weighted by Crippen LogP contribution is 2.69. The van der Waals surface area contributed by atoms with Gasteiger partial charge in [-0.1, -0.05) is 20.8 Å². The third-order valence-electron chi connectivity index (χ3n) is 6.19. The summed E-state index contributed by atoms with van der Waals surface area (Å²) >= 11 is 0. The van der Waals surface area contributed by atoms with Crippen LogP contribution in [0.2, 0.25) is 0 Å². The van der Waals surface area contributed by atoms with E-state index >= 15 is 0 Å². The van der Waals surface area contributed by atoms with Crippen molar-refractivity contribution in [2.75, 3.05) is 13.2 Å². The summed E-state index contributed by atoms with van der Waals surface area (Å²) in [7, 11) is 0. The molecule has 0 amide bonds. The van der Waals surface area contributed by atoms with Gasteiger partial charge in [0.2, 0.25) is 0 Å². The zero-order valence-corrected chi connectivity index (χ0v) is 12.2. The van der Waals surface area contributed by atoms with Crippen LogP contribution in [0.5, 0.6) is 0 Å². The molecule has 2 rings (SSSR count). The van der Waals surface area contributed by atoms with Gasteiger partial charge in [0.1, 0.15) is 0 Å². The Bertz CT molecular complexity index is 339. The topological polar surface area (TPSA) is 52.3 Å². The van der Waals surface area contributed by atoms with Gasteiger partial charge in [-0.05, 0) is 48.9 Å². The Labute approximate surface area is 110 Å². The molecule has 2 bridgehead atoms. The first-order valence-electron chi connectivity index (χ1n) is 7.25. The van der Waals surface area contributed by atoms with Gasteiger partial charge in [0.05, 0.1) is 12.5 Å². The van der Waals surface area contributed by atoms with Crippen molar-refractivity contribution >= 4 is 5.97 Å². The van der Waals surface area contributed by atoms with E-state index in [9.17, 15) is 4.79 Å². The van der Waals surface area contributed by atoms with E-state index in [0.29, 0.717) is 24.5 Å². The molecule has 2 aliphatic carbocycles. The van der Waals surface area contributed by atoms with Crippen LogP contribution < -0.4 is 5.73 Å². The molecular formula is C15H27NO2. The molecule has 0 saturated heterocycles. The average molecular weight is 253 g/mol. The third-order valence-corrected chi connectivity index (χ3v) is 6.19. The van der Waals surface area contributed by atoms with Gasteiger partial charge >= 0.3 is 5.97 Å². The lowest BCUT2D eigenvalue weighted by molar-refractivity contribution is -0.152. The van der Waals surface area contributed by atoms with Crippen LogP contribution in [-0.2, 0) is 9.53 Å². The number of hydrogen-bond donors (Lipinski definition) is 1. The molecule has 18 heavy (non-hydrogen) atoms. The van der Waals surface area contributed by atoms with Crippen molar-refractivity contribution < 1.29 is 9.53 Å². The molecule has 0 heterocycles. The van der Waals surface area contributed by atoms with Crippen molar-refractivity contribution in [3.05, 3.63) is 0 Å². The molecule has 3 heteroatoms. The summed E-state index contributed by atoms with van der Waals surface area (Å²) in [4.78, 5) is 12.1. The second kappa shape index (κ2) is 4.52. The number of carbonyl (C=O) groups excluding carboxylic acids is 1. The number of fused-ring (bicyclic) bond motifs is 2. The molecular weight excluding hydrogens is 226 g/mol. The van der Waals surface area contributed by atoms with Crippen LogP contribution in [0.4, 0.5) is 0 Å². The fourth-order valence-corrected chi connectivity index (χ4v) is 4.55. The van der Waals surface area contributed by atoms with Gasteiger partial charge in [-0.15, -0.1) is 0 Å². The van der Waals surface area contributed by atoms with Crippen molar-refractivity contribution in [3.63, 3.8) is 0 Å². The van der Waals surface area contributed by atoms with Crippen molar-refractivity contribution in [1.82, 2.24) is 0 Å². The molecule has 0 radical (unpaired) electrons. The molecule has 104 valence electrons. The zero-order chi connectivity index (χ0) is 13.6. The molecule has 3 nitrogen and oxygen atoms in total. The Morgan fingerprint density at radius 3 is 2.50 bits per heavy atom. The normalized spacial score (nSPS) is 38.7. The van der Waals surface area contributed by atoms with Crippen molar-refractivity contribution in [3.8, 4) is 0 Å². The predicted molar refractivity (Wildman–Crippen MR) is 71.9 cm³/mol. The second-order valence-electron chi connectivity index (χ2n) is 6.81. The Hall–Kier alpha value is -0.570. The lowest BCUT2D eigenvalue weighted by atomic mass is 9.63. The molecule has 0 aromatic rings. The number of rotatable bonds is 4. The first-order chi connectivity index (χ1) is 8.38. The molecule has 2 N–H and O–H groups in total. The van der Waals surface area contributed by atoms with Crippen LogP contribution in [0.1, 0.15) is 47.0 Å². The Morgan fingerprint density at radius 2 is 2.11 bits per heavy atom. The first-order valence-corrected chi connectivity index (χ1v) is 7.25. The number of nitrogens with two attached hydrogens (primary N) is 1. The molecule has 2 saturated carbocycles. The molecule has 0 aromatic heterocycles. The van der Waals surface area contributed by atoms with Gasteiger partial charge in [-0.25, -0.2) is 0 Å². The van der Waals surface area contributed by atoms with E-state index in [0.717, 1.165) is 12.3 Å². The van der Waals surface area contributed by atoms with Crippen LogP contribution in [-0.4, -0.2) is 19.1 Å². The minimum absolute atomic E-state index is 0.0884. The van der Waals surface area contributed by atoms with E-state index < -0.39 is 0 Å². The Kier molecular flexibility index (Phi) is 3.48. The van der Waals surface area contributed by atoms with Crippen LogP contribution in [0.15, 0.2) is 0 Å². The summed E-state index contributed by atoms with van der Waals surface area (Å²) in [5.41, 5.74) is 6.44. The van der Waals surface area contributed by atoms with Crippen LogP contribution in [0.25, 0.3) is 0 Å². The maximum Gasteiger partial charge on any atom is 0.310 e. The summed E-state index contributed by atoms with van der Waals surface area (Å²) < 4.78 is 5.21. The minimum atomic E-state index is -0.112. The van der Waals surface area contributed by atoms with Gasteiger partial charge in [0, 0.05) is 6.54 Å². The van der Waals surface area contributed by atoms with Gasteiger partial charge in [-0.3, -0.25) is 4.79 Å². The first kappa shape index (κ1) is 13.9. The summed E-state index contributed by atoms with van der Waals surface area (Å²) in [6, 6.07) is 0. The quantitative estimate of drug-likeness (QED) is 0.783. The van der Waals surface area contributed by atoms with E-state index in [1.807, 2.05) is 6.92 Å². The smallest absolute Gasteiger partial charge is 0.310 e. The van der Waals surface area contributed by atoms with Gasteiger partial charge in [-0.2, -0.15) is 0 Å². The largest absolute Gasteiger partial charge is 0.466 e. The van der Waals surface area contributed by atoms with E-state index in [2.05, 4.69) is 20.8 Å². The number of esters is 1. The van der Waals surface area contributed by atoms with Gasteiger partial charge in [0.15, 0.2) is 0 Å². The molecule has 4 atom stereocenters. The molecule has 0 spiro atoms. The predicted octanol–water partition coefficient (Wildman–Crippen LogP) is 2.59. The number of hydrogen-bond acceptors (Lipinski definition) is 3. The lowest BCUT2D eigenvalue weighted by Gasteiger charge is -2.41. The van der Waals surface area contributed by atoms with Crippen molar-refractivity contribution in [1.29, 1.82) is 0 Å². The van der Waals surface area contributed by atoms with Gasteiger partial charge < -0.3 is 10.5 Å². The summed E-state index contributed by atoms with van der Waals surface area (Å²) in [6.07, 6.45) is 3.68. The van der Waals surface area contributed by atoms with Crippen LogP contribution >= 0.6 is 0 Å². The molecule has 0 unspecified atom stereocenters. The van der Waals surface area contributed by atoms with E-state index in [4.69, 9.17) is 10.5 Å². The summed E-state index contributed by atoms with van der Waals surface area (Å²) in [6.45, 7) is 9.81. The summed E-state index contributed by atoms with van der Waals surface area (Å²) in [5.74, 6) is 0.945. The fourth-order valence-electron chi connectivity index (χ4n) is 4.55.